The minimum absolute atomic E-state index is 0.0487. The minimum atomic E-state index is -0.369. The molecule has 8 nitrogen and oxygen atoms in total. The number of likely N-dealkylation sites (tertiary alicyclic amines) is 1. The number of carbonyl (C=O) groups is 2. The number of rotatable bonds is 14. The smallest absolute Gasteiger partial charge is 0.225 e. The Bertz CT molecular complexity index is 541. The highest BCUT2D eigenvalue weighted by atomic mass is 16.5. The molecule has 1 heterocycles. The molecule has 6 unspecified atom stereocenters. The molecule has 0 aromatic rings. The third-order valence-corrected chi connectivity index (χ3v) is 6.79. The number of hydrogen-bond acceptors (Lipinski definition) is 6. The van der Waals surface area contributed by atoms with Crippen LogP contribution in [0.25, 0.3) is 0 Å². The van der Waals surface area contributed by atoms with Crippen LogP contribution in [-0.4, -0.2) is 87.1 Å². The van der Waals surface area contributed by atoms with E-state index >= 15 is 0 Å². The van der Waals surface area contributed by atoms with E-state index in [0.29, 0.717) is 24.5 Å². The molecular formula is C27H55N3O5. The number of allylic oxidation sites excluding steroid dienone is 1. The first-order valence-corrected chi connectivity index (χ1v) is 13.1. The second kappa shape index (κ2) is 21.8. The number of nitrogens with zero attached hydrogens (tertiary/aromatic N) is 1. The van der Waals surface area contributed by atoms with Crippen molar-refractivity contribution in [3.05, 3.63) is 12.7 Å². The first-order chi connectivity index (χ1) is 16.7. The van der Waals surface area contributed by atoms with E-state index in [4.69, 9.17) is 14.6 Å². The van der Waals surface area contributed by atoms with Crippen LogP contribution >= 0.6 is 0 Å². The van der Waals surface area contributed by atoms with Crippen molar-refractivity contribution in [3.8, 4) is 0 Å². The Labute approximate surface area is 215 Å². The van der Waals surface area contributed by atoms with Crippen molar-refractivity contribution in [2.24, 2.45) is 11.8 Å². The van der Waals surface area contributed by atoms with Crippen LogP contribution in [0.2, 0.25) is 0 Å². The van der Waals surface area contributed by atoms with Gasteiger partial charge in [0.05, 0.1) is 36.8 Å². The van der Waals surface area contributed by atoms with Gasteiger partial charge in [-0.1, -0.05) is 47.1 Å². The Morgan fingerprint density at radius 1 is 1.17 bits per heavy atom. The maximum Gasteiger partial charge on any atom is 0.225 e. The third-order valence-electron chi connectivity index (χ3n) is 6.79. The van der Waals surface area contributed by atoms with Crippen LogP contribution in [0.3, 0.4) is 0 Å². The molecule has 0 radical (unpaired) electrons. The summed E-state index contributed by atoms with van der Waals surface area (Å²) in [6.07, 6.45) is 7.35. The third kappa shape index (κ3) is 12.9. The minimum Gasteiger partial charge on any atom is -0.394 e. The Morgan fingerprint density at radius 2 is 1.77 bits per heavy atom. The fourth-order valence-electron chi connectivity index (χ4n) is 4.41. The molecule has 0 aromatic carbocycles. The summed E-state index contributed by atoms with van der Waals surface area (Å²) in [7, 11) is 5.37. The molecule has 8 heteroatoms. The maximum absolute atomic E-state index is 12.2. The quantitative estimate of drug-likeness (QED) is 0.249. The monoisotopic (exact) mass is 501 g/mol. The summed E-state index contributed by atoms with van der Waals surface area (Å²) in [6.45, 7) is 16.3. The van der Waals surface area contributed by atoms with Crippen LogP contribution in [0, 0.1) is 11.8 Å². The molecule has 0 bridgehead atoms. The van der Waals surface area contributed by atoms with Crippen molar-refractivity contribution in [3.63, 3.8) is 0 Å². The maximum atomic E-state index is 12.2. The molecule has 1 aliphatic heterocycles. The number of nitrogens with one attached hydrogen (secondary N) is 2. The van der Waals surface area contributed by atoms with Crippen molar-refractivity contribution in [1.29, 1.82) is 0 Å². The lowest BCUT2D eigenvalue weighted by Gasteiger charge is -2.32. The average Bonchev–Trinajstić information content (AvgIpc) is 3.34. The predicted octanol–water partition coefficient (Wildman–Crippen LogP) is 3.38. The molecular weight excluding hydrogens is 446 g/mol. The predicted molar refractivity (Wildman–Crippen MR) is 144 cm³/mol. The van der Waals surface area contributed by atoms with Crippen LogP contribution < -0.4 is 10.6 Å². The largest absolute Gasteiger partial charge is 0.394 e. The van der Waals surface area contributed by atoms with Gasteiger partial charge in [-0.2, -0.15) is 0 Å². The van der Waals surface area contributed by atoms with Gasteiger partial charge < -0.3 is 30.1 Å². The lowest BCUT2D eigenvalue weighted by molar-refractivity contribution is -0.134. The Kier molecular flexibility index (Phi) is 22.2. The van der Waals surface area contributed by atoms with Gasteiger partial charge in [0.1, 0.15) is 0 Å². The highest BCUT2D eigenvalue weighted by Crippen LogP contribution is 2.25. The Balaban J connectivity index is 0. The number of aliphatic hydroxyl groups excluding tert-OH is 1. The van der Waals surface area contributed by atoms with Crippen molar-refractivity contribution in [1.82, 2.24) is 15.5 Å². The van der Waals surface area contributed by atoms with Gasteiger partial charge in [-0.05, 0) is 45.6 Å². The fraction of sp³-hybridized carbons (Fsp3) is 0.852. The van der Waals surface area contributed by atoms with Gasteiger partial charge in [-0.25, -0.2) is 0 Å². The molecule has 35 heavy (non-hydrogen) atoms. The topological polar surface area (TPSA) is 100 Å². The van der Waals surface area contributed by atoms with Gasteiger partial charge in [-0.3, -0.25) is 9.59 Å². The number of likely N-dealkylation sites (N-methyl/N-ethyl adjacent to an activating group) is 1. The van der Waals surface area contributed by atoms with Gasteiger partial charge >= 0.3 is 0 Å². The molecule has 2 amide bonds. The Hall–Kier alpha value is -1.48. The molecule has 1 saturated heterocycles. The number of amides is 2. The summed E-state index contributed by atoms with van der Waals surface area (Å²) in [5.41, 5.74) is 0. The molecule has 1 rings (SSSR count). The fourth-order valence-corrected chi connectivity index (χ4v) is 4.41. The lowest BCUT2D eigenvalue weighted by Crippen LogP contribution is -2.49. The Morgan fingerprint density at radius 3 is 2.14 bits per heavy atom. The lowest BCUT2D eigenvalue weighted by atomic mass is 9.93. The zero-order chi connectivity index (χ0) is 27.4. The van der Waals surface area contributed by atoms with Crippen LogP contribution in [-0.2, 0) is 19.1 Å². The molecule has 0 spiro atoms. The molecule has 0 aromatic heterocycles. The van der Waals surface area contributed by atoms with Gasteiger partial charge in [-0.15, -0.1) is 6.58 Å². The highest BCUT2D eigenvalue weighted by Gasteiger charge is 2.37. The summed E-state index contributed by atoms with van der Waals surface area (Å²) in [5, 5.41) is 15.3. The summed E-state index contributed by atoms with van der Waals surface area (Å²) < 4.78 is 10.9. The summed E-state index contributed by atoms with van der Waals surface area (Å²) in [5.74, 6) is 0.168. The van der Waals surface area contributed by atoms with E-state index in [0.717, 1.165) is 32.2 Å². The molecule has 7 atom stereocenters. The summed E-state index contributed by atoms with van der Waals surface area (Å²) in [6, 6.07) is 0.214. The standard InChI is InChI=1S/C14H26N2O4.C10H23NO.C3H6/c1-4-11(8-17)15-14(19)10(2)13(20-3)12-6-5-7-16(12)9-18;1-6-8(3)10(11-4)9(7-2)12-5;1-3-2/h9-13,17H,4-8H2,1-3H3,(H,15,19);8-11H,6-7H2,1-5H3;3H,1H2,2H3/t10?,11-,12?,13?;;/m0../s1. The molecule has 0 saturated carbocycles. The zero-order valence-electron chi connectivity index (χ0n) is 23.9. The second-order valence-electron chi connectivity index (χ2n) is 9.13. The van der Waals surface area contributed by atoms with Crippen molar-refractivity contribution in [2.75, 3.05) is 34.4 Å². The number of carbonyl (C=O) groups excluding carboxylic acids is 2. The molecule has 208 valence electrons. The number of hydrogen-bond donors (Lipinski definition) is 3. The number of methoxy groups -OCH3 is 2. The van der Waals surface area contributed by atoms with Gasteiger partial charge in [0.25, 0.3) is 0 Å². The zero-order valence-corrected chi connectivity index (χ0v) is 23.9. The molecule has 1 fully saturated rings. The van der Waals surface area contributed by atoms with E-state index in [2.05, 4.69) is 38.0 Å². The molecule has 1 aliphatic rings. The normalized spacial score (nSPS) is 20.1. The van der Waals surface area contributed by atoms with Crippen LogP contribution in [0.15, 0.2) is 12.7 Å². The van der Waals surface area contributed by atoms with E-state index in [1.54, 1.807) is 32.1 Å². The van der Waals surface area contributed by atoms with Crippen LogP contribution in [0.4, 0.5) is 0 Å². The van der Waals surface area contributed by atoms with Crippen LogP contribution in [0.5, 0.6) is 0 Å². The van der Waals surface area contributed by atoms with Crippen molar-refractivity contribution in [2.45, 2.75) is 104 Å². The van der Waals surface area contributed by atoms with Crippen molar-refractivity contribution < 1.29 is 24.2 Å². The first kappa shape index (κ1) is 35.7. The molecule has 3 N–H and O–H groups in total. The summed E-state index contributed by atoms with van der Waals surface area (Å²) in [4.78, 5) is 25.0. The van der Waals surface area contributed by atoms with Gasteiger partial charge in [0, 0.05) is 26.8 Å². The van der Waals surface area contributed by atoms with E-state index in [1.807, 2.05) is 20.9 Å². The van der Waals surface area contributed by atoms with E-state index in [9.17, 15) is 9.59 Å². The van der Waals surface area contributed by atoms with Crippen LogP contribution in [0.1, 0.15) is 73.6 Å². The second-order valence-corrected chi connectivity index (χ2v) is 9.13. The summed E-state index contributed by atoms with van der Waals surface area (Å²) >= 11 is 0. The average molecular weight is 502 g/mol. The highest BCUT2D eigenvalue weighted by molar-refractivity contribution is 5.79. The molecule has 0 aliphatic carbocycles. The first-order valence-electron chi connectivity index (χ1n) is 13.1. The van der Waals surface area contributed by atoms with Gasteiger partial charge in [0.15, 0.2) is 0 Å². The van der Waals surface area contributed by atoms with E-state index in [-0.39, 0.29) is 36.6 Å². The van der Waals surface area contributed by atoms with Gasteiger partial charge in [0.2, 0.25) is 12.3 Å². The van der Waals surface area contributed by atoms with Crippen molar-refractivity contribution >= 4 is 12.3 Å². The van der Waals surface area contributed by atoms with E-state index in [1.165, 1.54) is 6.42 Å². The SMILES string of the molecule is C=CC.CCC(C)C(NC)C(CC)OC.CC[C@@H](CO)NC(=O)C(C)C(OC)C1CCCN1C=O. The number of ether oxygens (including phenoxy) is 2. The van der Waals surface area contributed by atoms with E-state index < -0.39 is 0 Å². The number of aliphatic hydroxyl groups is 1.